The summed E-state index contributed by atoms with van der Waals surface area (Å²) in [6.45, 7) is 32.7. The zero-order valence-corrected chi connectivity index (χ0v) is 51.6. The molecule has 0 amide bonds. The fraction of sp³-hybridized carbons (Fsp3) is 0.250. The van der Waals surface area contributed by atoms with E-state index in [1.807, 2.05) is 63.9 Å². The summed E-state index contributed by atoms with van der Waals surface area (Å²) in [5.74, 6) is 1.94. The van der Waals surface area contributed by atoms with E-state index in [-0.39, 0.29) is 56.0 Å². The highest BCUT2D eigenvalue weighted by molar-refractivity contribution is 6.09. The number of imidazole rings is 1. The summed E-state index contributed by atoms with van der Waals surface area (Å²) in [6.07, 6.45) is 5.78. The normalized spacial score (nSPS) is 14.2. The predicted octanol–water partition coefficient (Wildman–Crippen LogP) is 21.1. The number of nitrogens with zero attached hydrogens (tertiary/aromatic N) is 4. The van der Waals surface area contributed by atoms with E-state index in [0.29, 0.717) is 45.0 Å². The Balaban J connectivity index is 1.17. The third-order valence-electron chi connectivity index (χ3n) is 17.0. The Bertz CT molecular complexity index is 5080. The first-order valence-corrected chi connectivity index (χ1v) is 29.6. The smallest absolute Gasteiger partial charge is 0.269 e. The van der Waals surface area contributed by atoms with Crippen LogP contribution in [0.25, 0.3) is 106 Å². The van der Waals surface area contributed by atoms with Gasteiger partial charge in [-0.15, -0.1) is 0 Å². The molecular formula is C80H78N4O. The third kappa shape index (κ3) is 9.95. The largest absolute Gasteiger partial charge is 0.458 e. The van der Waals surface area contributed by atoms with Gasteiger partial charge in [0, 0.05) is 23.0 Å². The van der Waals surface area contributed by atoms with Crippen LogP contribution in [0.3, 0.4) is 0 Å². The summed E-state index contributed by atoms with van der Waals surface area (Å²) in [5.41, 5.74) is 12.5. The number of para-hydroxylation sites is 1. The second kappa shape index (κ2) is 19.9. The highest BCUT2D eigenvalue weighted by Crippen LogP contribution is 2.49. The second-order valence-electron chi connectivity index (χ2n) is 28.2. The van der Waals surface area contributed by atoms with Gasteiger partial charge >= 0.3 is 0 Å². The van der Waals surface area contributed by atoms with Gasteiger partial charge in [0.2, 0.25) is 0 Å². The molecule has 4 heterocycles. The Morgan fingerprint density at radius 2 is 0.976 bits per heavy atom. The minimum atomic E-state index is -0.527. The summed E-state index contributed by atoms with van der Waals surface area (Å²) in [6, 6.07) is 46.5. The van der Waals surface area contributed by atoms with Crippen molar-refractivity contribution in [2.75, 3.05) is 0 Å². The number of hydrogen-bond donors (Lipinski definition) is 0. The van der Waals surface area contributed by atoms with E-state index in [9.17, 15) is 11.0 Å². The van der Waals surface area contributed by atoms with Gasteiger partial charge in [0.1, 0.15) is 17.3 Å². The molecule has 9 aromatic carbocycles. The molecule has 0 aliphatic carbocycles. The van der Waals surface area contributed by atoms with Crippen molar-refractivity contribution in [2.24, 2.45) is 0 Å². The van der Waals surface area contributed by atoms with E-state index in [1.54, 1.807) is 0 Å². The Morgan fingerprint density at radius 3 is 1.61 bits per heavy atom. The molecule has 85 heavy (non-hydrogen) atoms. The second-order valence-corrected chi connectivity index (χ2v) is 28.2. The molecule has 0 unspecified atom stereocenters. The first-order valence-electron chi connectivity index (χ1n) is 33.6. The lowest BCUT2D eigenvalue weighted by molar-refractivity contribution is -0.570. The standard InChI is InChI=1S/C80H78N4O/c1-76(2,3)53-33-31-50(32-34-53)51-41-68-63-27-18-16-25-61(63)62-26-17-19-28-64(62)69-45-57(80(13,14)15)44-67(52-39-55(78(7,8)9)43-56(40-52)79(10,11)12)74(69)83-49-82(72(42-51)75(68)83)58-23-22-24-59(47-58)85-60-35-36-66-65-29-20-21-30-70(65)84(71(66)48-60)73-46-54(37-38-81-73)77(4,5)6/h16-48H,1-15H3/i16D,17D,18D,19D,25D,26D,27D,28D. The first-order chi connectivity index (χ1) is 43.6. The maximum absolute atomic E-state index is 10.2. The van der Waals surface area contributed by atoms with Crippen LogP contribution in [0.4, 0.5) is 0 Å². The quantitative estimate of drug-likeness (QED) is 0.123. The number of rotatable bonds is 6. The Kier molecular flexibility index (Phi) is 10.9. The van der Waals surface area contributed by atoms with E-state index >= 15 is 0 Å². The molecule has 0 N–H and O–H groups in total. The molecule has 0 saturated heterocycles. The first kappa shape index (κ1) is 46.6. The predicted molar refractivity (Wildman–Crippen MR) is 357 cm³/mol. The van der Waals surface area contributed by atoms with Gasteiger partial charge in [-0.25, -0.2) is 4.98 Å². The Hall–Kier alpha value is -8.80. The third-order valence-corrected chi connectivity index (χ3v) is 17.0. The molecule has 0 spiro atoms. The number of pyridine rings is 1. The average molecular weight is 1120 g/mol. The summed E-state index contributed by atoms with van der Waals surface area (Å²) in [5, 5.41) is 2.15. The number of fused-ring (bicyclic) bond motifs is 10. The Morgan fingerprint density at radius 1 is 0.412 bits per heavy atom. The van der Waals surface area contributed by atoms with Gasteiger partial charge in [0.05, 0.1) is 44.4 Å². The van der Waals surface area contributed by atoms with Crippen LogP contribution in [0.15, 0.2) is 200 Å². The van der Waals surface area contributed by atoms with E-state index in [0.717, 1.165) is 72.1 Å². The highest BCUT2D eigenvalue weighted by Gasteiger charge is 2.31. The molecule has 1 aliphatic rings. The maximum atomic E-state index is 10.2. The molecule has 0 atom stereocenters. The number of benzene rings is 9. The molecular weight excluding hydrogens is 1030 g/mol. The lowest BCUT2D eigenvalue weighted by atomic mass is 9.77. The topological polar surface area (TPSA) is 35.9 Å². The SMILES string of the molecule is [2H]c1c([2H])c([2H])c2c(c1[2H])-c1cc(C(C)(C)C)cc(-c3cc(C(C)(C)C)cc(C(C)(C)C)c3)c1-[n+]1[c-]n(-c3cccc(Oc4ccc5c6ccccc6n(-c6cc(C(C)(C)C)ccn6)c5c4)c3)c3cc(-c4ccc(C(C)(C)C)cc4)cc(c31)-c1c([2H])c([2H])c([2H])c([2H])c1-2. The van der Waals surface area contributed by atoms with E-state index in [2.05, 4.69) is 212 Å². The molecule has 5 heteroatoms. The van der Waals surface area contributed by atoms with Crippen LogP contribution in [-0.2, 0) is 27.1 Å². The van der Waals surface area contributed by atoms with Crippen molar-refractivity contribution < 1.29 is 20.3 Å². The van der Waals surface area contributed by atoms with Crippen LogP contribution in [0.5, 0.6) is 11.5 Å². The van der Waals surface area contributed by atoms with Crippen LogP contribution in [-0.4, -0.2) is 14.1 Å². The Labute approximate surface area is 514 Å². The minimum Gasteiger partial charge on any atom is -0.458 e. The fourth-order valence-electron chi connectivity index (χ4n) is 12.0. The number of aromatic nitrogens is 4. The number of ether oxygens (including phenoxy) is 1. The van der Waals surface area contributed by atoms with Crippen molar-refractivity contribution >= 4 is 32.8 Å². The highest BCUT2D eigenvalue weighted by atomic mass is 16.5. The van der Waals surface area contributed by atoms with Crippen molar-refractivity contribution in [1.82, 2.24) is 14.1 Å². The van der Waals surface area contributed by atoms with Gasteiger partial charge in [0.15, 0.2) is 0 Å². The van der Waals surface area contributed by atoms with Crippen LogP contribution >= 0.6 is 0 Å². The van der Waals surface area contributed by atoms with Crippen LogP contribution in [0, 0.1) is 6.33 Å². The molecule has 0 saturated carbocycles. The minimum absolute atomic E-state index is 0.0233. The molecule has 13 rings (SSSR count). The summed E-state index contributed by atoms with van der Waals surface area (Å²) < 4.78 is 91.3. The molecule has 0 bridgehead atoms. The van der Waals surface area contributed by atoms with Gasteiger partial charge in [-0.1, -0.05) is 237 Å². The summed E-state index contributed by atoms with van der Waals surface area (Å²) >= 11 is 0. The zero-order valence-electron chi connectivity index (χ0n) is 59.6. The molecule has 12 aromatic rings. The fourth-order valence-corrected chi connectivity index (χ4v) is 12.0. The van der Waals surface area contributed by atoms with Crippen molar-refractivity contribution in [3.05, 3.63) is 234 Å². The molecule has 3 aromatic heterocycles. The van der Waals surface area contributed by atoms with Crippen molar-refractivity contribution in [3.63, 3.8) is 0 Å². The van der Waals surface area contributed by atoms with Crippen molar-refractivity contribution in [3.8, 4) is 84.3 Å². The molecule has 1 aliphatic heterocycles. The van der Waals surface area contributed by atoms with Crippen LogP contribution < -0.4 is 9.30 Å². The van der Waals surface area contributed by atoms with Crippen molar-refractivity contribution in [1.29, 1.82) is 0 Å². The van der Waals surface area contributed by atoms with Gasteiger partial charge in [0.25, 0.3) is 6.33 Å². The van der Waals surface area contributed by atoms with Gasteiger partial charge in [-0.2, -0.15) is 0 Å². The van der Waals surface area contributed by atoms with E-state index in [4.69, 9.17) is 9.72 Å². The van der Waals surface area contributed by atoms with Gasteiger partial charge in [-0.05, 0) is 165 Å². The maximum Gasteiger partial charge on any atom is 0.269 e. The van der Waals surface area contributed by atoms with E-state index in [1.165, 1.54) is 5.56 Å². The molecule has 0 fully saturated rings. The summed E-state index contributed by atoms with van der Waals surface area (Å²) in [7, 11) is 0. The lowest BCUT2D eigenvalue weighted by Gasteiger charge is -2.29. The molecule has 0 radical (unpaired) electrons. The zero-order chi connectivity index (χ0) is 66.7. The van der Waals surface area contributed by atoms with Gasteiger partial charge < -0.3 is 4.74 Å². The lowest BCUT2D eigenvalue weighted by Crippen LogP contribution is -2.32. The summed E-state index contributed by atoms with van der Waals surface area (Å²) in [4.78, 5) is 4.93. The average Bonchev–Trinajstić information content (AvgIpc) is 1.66. The van der Waals surface area contributed by atoms with Crippen LogP contribution in [0.1, 0.15) is 143 Å². The molecule has 424 valence electrons. The number of hydrogen-bond acceptors (Lipinski definition) is 2. The molecule has 5 nitrogen and oxygen atoms in total. The van der Waals surface area contributed by atoms with Gasteiger partial charge in [-0.3, -0.25) is 13.7 Å². The van der Waals surface area contributed by atoms with Crippen LogP contribution in [0.2, 0.25) is 0 Å². The van der Waals surface area contributed by atoms with Crippen molar-refractivity contribution in [2.45, 2.75) is 131 Å². The van der Waals surface area contributed by atoms with E-state index < -0.39 is 41.7 Å². The monoisotopic (exact) mass is 1120 g/mol.